The zero-order chi connectivity index (χ0) is 17.5. The van der Waals surface area contributed by atoms with Gasteiger partial charge in [0.25, 0.3) is 0 Å². The van der Waals surface area contributed by atoms with E-state index in [4.69, 9.17) is 0 Å². The Bertz CT molecular complexity index is 746. The lowest BCUT2D eigenvalue weighted by molar-refractivity contribution is -0.115. The first-order valence-corrected chi connectivity index (χ1v) is 7.89. The second-order valence-corrected chi connectivity index (χ2v) is 5.67. The van der Waals surface area contributed by atoms with Crippen LogP contribution in [0.15, 0.2) is 54.6 Å². The van der Waals surface area contributed by atoms with Crippen molar-refractivity contribution in [1.82, 2.24) is 0 Å². The van der Waals surface area contributed by atoms with Gasteiger partial charge in [0, 0.05) is 37.5 Å². The largest absolute Gasteiger partial charge is 0.378 e. The molecule has 0 saturated carbocycles. The lowest BCUT2D eigenvalue weighted by Gasteiger charge is -2.11. The van der Waals surface area contributed by atoms with Gasteiger partial charge in [0.05, 0.1) is 0 Å². The van der Waals surface area contributed by atoms with Crippen molar-refractivity contribution in [3.63, 3.8) is 0 Å². The SMILES string of the molecule is CCC(=O)Nc1cccc(C(=O)/C=C/c2ccc(N(C)C)cc2)c1. The van der Waals surface area contributed by atoms with Gasteiger partial charge < -0.3 is 10.2 Å². The second-order valence-electron chi connectivity index (χ2n) is 5.67. The van der Waals surface area contributed by atoms with E-state index in [0.717, 1.165) is 11.3 Å². The molecule has 1 N–H and O–H groups in total. The normalized spacial score (nSPS) is 10.6. The second kappa shape index (κ2) is 8.11. The first-order chi connectivity index (χ1) is 11.5. The van der Waals surface area contributed by atoms with Crippen molar-refractivity contribution in [2.24, 2.45) is 0 Å². The van der Waals surface area contributed by atoms with Crippen LogP contribution in [0.2, 0.25) is 0 Å². The summed E-state index contributed by atoms with van der Waals surface area (Å²) in [6.07, 6.45) is 3.74. The number of hydrogen-bond donors (Lipinski definition) is 1. The summed E-state index contributed by atoms with van der Waals surface area (Å²) in [4.78, 5) is 25.8. The van der Waals surface area contributed by atoms with Crippen molar-refractivity contribution < 1.29 is 9.59 Å². The topological polar surface area (TPSA) is 49.4 Å². The molecule has 0 aliphatic heterocycles. The Hall–Kier alpha value is -2.88. The summed E-state index contributed by atoms with van der Waals surface area (Å²) in [7, 11) is 3.97. The first kappa shape index (κ1) is 17.5. The van der Waals surface area contributed by atoms with E-state index in [1.165, 1.54) is 0 Å². The van der Waals surface area contributed by atoms with Crippen LogP contribution < -0.4 is 10.2 Å². The van der Waals surface area contributed by atoms with Crippen LogP contribution in [-0.2, 0) is 4.79 Å². The van der Waals surface area contributed by atoms with Crippen LogP contribution in [0.5, 0.6) is 0 Å². The summed E-state index contributed by atoms with van der Waals surface area (Å²) in [5, 5.41) is 2.76. The van der Waals surface area contributed by atoms with E-state index in [9.17, 15) is 9.59 Å². The minimum absolute atomic E-state index is 0.0730. The number of nitrogens with one attached hydrogen (secondary N) is 1. The quantitative estimate of drug-likeness (QED) is 0.646. The highest BCUT2D eigenvalue weighted by atomic mass is 16.1. The maximum Gasteiger partial charge on any atom is 0.224 e. The van der Waals surface area contributed by atoms with Crippen LogP contribution in [0.25, 0.3) is 6.08 Å². The number of benzene rings is 2. The van der Waals surface area contributed by atoms with E-state index < -0.39 is 0 Å². The molecule has 0 bridgehead atoms. The lowest BCUT2D eigenvalue weighted by atomic mass is 10.1. The van der Waals surface area contributed by atoms with E-state index in [0.29, 0.717) is 17.7 Å². The molecular formula is C20H22N2O2. The molecule has 0 aromatic heterocycles. The summed E-state index contributed by atoms with van der Waals surface area (Å²) in [6, 6.07) is 14.9. The number of nitrogens with zero attached hydrogens (tertiary/aromatic N) is 1. The minimum Gasteiger partial charge on any atom is -0.378 e. The van der Waals surface area contributed by atoms with Crippen molar-refractivity contribution in [3.8, 4) is 0 Å². The zero-order valence-corrected chi connectivity index (χ0v) is 14.2. The predicted molar refractivity (Wildman–Crippen MR) is 99.5 cm³/mol. The maximum atomic E-state index is 12.3. The summed E-state index contributed by atoms with van der Waals surface area (Å²) < 4.78 is 0. The van der Waals surface area contributed by atoms with Crippen molar-refractivity contribution >= 4 is 29.1 Å². The molecule has 0 spiro atoms. The highest BCUT2D eigenvalue weighted by molar-refractivity contribution is 6.07. The van der Waals surface area contributed by atoms with E-state index in [1.807, 2.05) is 43.3 Å². The number of rotatable bonds is 6. The van der Waals surface area contributed by atoms with Crippen molar-refractivity contribution in [3.05, 3.63) is 65.7 Å². The van der Waals surface area contributed by atoms with Gasteiger partial charge in [-0.05, 0) is 35.9 Å². The van der Waals surface area contributed by atoms with Crippen LogP contribution >= 0.6 is 0 Å². The summed E-state index contributed by atoms with van der Waals surface area (Å²) in [5.41, 5.74) is 3.25. The lowest BCUT2D eigenvalue weighted by Crippen LogP contribution is -2.09. The molecule has 0 aliphatic carbocycles. The average molecular weight is 322 g/mol. The number of ketones is 1. The minimum atomic E-state index is -0.0979. The van der Waals surface area contributed by atoms with Crippen molar-refractivity contribution in [1.29, 1.82) is 0 Å². The van der Waals surface area contributed by atoms with Crippen LogP contribution in [0.4, 0.5) is 11.4 Å². The molecule has 1 amide bonds. The van der Waals surface area contributed by atoms with Crippen LogP contribution in [0, 0.1) is 0 Å². The summed E-state index contributed by atoms with van der Waals surface area (Å²) in [5.74, 6) is -0.171. The Morgan fingerprint density at radius 3 is 2.42 bits per heavy atom. The molecule has 0 radical (unpaired) electrons. The predicted octanol–water partition coefficient (Wildman–Crippen LogP) is 4.00. The number of anilines is 2. The van der Waals surface area contributed by atoms with E-state index in [1.54, 1.807) is 43.3 Å². The van der Waals surface area contributed by atoms with E-state index >= 15 is 0 Å². The van der Waals surface area contributed by atoms with Gasteiger partial charge in [-0.1, -0.05) is 37.3 Å². The van der Waals surface area contributed by atoms with Crippen molar-refractivity contribution in [2.75, 3.05) is 24.3 Å². The summed E-state index contributed by atoms with van der Waals surface area (Å²) >= 11 is 0. The fourth-order valence-corrected chi connectivity index (χ4v) is 2.15. The molecule has 0 heterocycles. The third kappa shape index (κ3) is 4.81. The van der Waals surface area contributed by atoms with Gasteiger partial charge in [0.15, 0.2) is 5.78 Å². The number of allylic oxidation sites excluding steroid dienone is 1. The molecular weight excluding hydrogens is 300 g/mol. The van der Waals surface area contributed by atoms with Gasteiger partial charge >= 0.3 is 0 Å². The number of hydrogen-bond acceptors (Lipinski definition) is 3. The molecule has 24 heavy (non-hydrogen) atoms. The molecule has 0 aliphatic rings. The number of amides is 1. The Morgan fingerprint density at radius 1 is 1.08 bits per heavy atom. The molecule has 2 rings (SSSR count). The fourth-order valence-electron chi connectivity index (χ4n) is 2.15. The highest BCUT2D eigenvalue weighted by Gasteiger charge is 2.05. The van der Waals surface area contributed by atoms with E-state index in [2.05, 4.69) is 5.32 Å². The molecule has 124 valence electrons. The zero-order valence-electron chi connectivity index (χ0n) is 14.2. The summed E-state index contributed by atoms with van der Waals surface area (Å²) in [6.45, 7) is 1.79. The Balaban J connectivity index is 2.08. The molecule has 2 aromatic carbocycles. The van der Waals surface area contributed by atoms with Crippen molar-refractivity contribution in [2.45, 2.75) is 13.3 Å². The molecule has 4 nitrogen and oxygen atoms in total. The van der Waals surface area contributed by atoms with Gasteiger partial charge in [-0.15, -0.1) is 0 Å². The average Bonchev–Trinajstić information content (AvgIpc) is 2.60. The van der Waals surface area contributed by atoms with Gasteiger partial charge in [-0.3, -0.25) is 9.59 Å². The fraction of sp³-hybridized carbons (Fsp3) is 0.200. The van der Waals surface area contributed by atoms with Gasteiger partial charge in [-0.2, -0.15) is 0 Å². The van der Waals surface area contributed by atoms with Gasteiger partial charge in [-0.25, -0.2) is 0 Å². The monoisotopic (exact) mass is 322 g/mol. The Kier molecular flexibility index (Phi) is 5.90. The molecule has 4 heteroatoms. The number of carbonyl (C=O) groups excluding carboxylic acids is 2. The Morgan fingerprint density at radius 2 is 1.79 bits per heavy atom. The number of carbonyl (C=O) groups is 2. The van der Waals surface area contributed by atoms with Crippen LogP contribution in [0.1, 0.15) is 29.3 Å². The van der Waals surface area contributed by atoms with E-state index in [-0.39, 0.29) is 11.7 Å². The smallest absolute Gasteiger partial charge is 0.224 e. The molecule has 2 aromatic rings. The molecule has 0 fully saturated rings. The Labute approximate surface area is 142 Å². The first-order valence-electron chi connectivity index (χ1n) is 7.89. The third-order valence-corrected chi connectivity index (χ3v) is 3.59. The standard InChI is InChI=1S/C20H22N2O2/c1-4-20(24)21-17-7-5-6-16(14-17)19(23)13-10-15-8-11-18(12-9-15)22(2)3/h5-14H,4H2,1-3H3,(H,21,24)/b13-10+. The molecule has 0 saturated heterocycles. The maximum absolute atomic E-state index is 12.3. The highest BCUT2D eigenvalue weighted by Crippen LogP contribution is 2.15. The van der Waals surface area contributed by atoms with Crippen LogP contribution in [0.3, 0.4) is 0 Å². The van der Waals surface area contributed by atoms with Gasteiger partial charge in [0.1, 0.15) is 0 Å². The third-order valence-electron chi connectivity index (χ3n) is 3.59. The van der Waals surface area contributed by atoms with Gasteiger partial charge in [0.2, 0.25) is 5.91 Å². The molecule has 0 unspecified atom stereocenters. The van der Waals surface area contributed by atoms with Crippen LogP contribution in [-0.4, -0.2) is 25.8 Å². The molecule has 0 atom stereocenters.